The van der Waals surface area contributed by atoms with Gasteiger partial charge in [0, 0.05) is 18.3 Å². The lowest BCUT2D eigenvalue weighted by molar-refractivity contribution is 0.268. The molecule has 1 aromatic rings. The molecule has 3 heteroatoms. The normalized spacial score (nSPS) is 12.9. The Balaban J connectivity index is 2.30. The summed E-state index contributed by atoms with van der Waals surface area (Å²) in [5, 5.41) is 3.29. The highest BCUT2D eigenvalue weighted by Gasteiger charge is 2.05. The van der Waals surface area contributed by atoms with Crippen LogP contribution in [0.25, 0.3) is 0 Å². The van der Waals surface area contributed by atoms with Gasteiger partial charge < -0.3 is 5.32 Å². The molecule has 1 heterocycles. The van der Waals surface area contributed by atoms with E-state index in [1.807, 2.05) is 7.05 Å². The van der Waals surface area contributed by atoms with Gasteiger partial charge in [0.05, 0.1) is 5.69 Å². The molecule has 108 valence electrons. The van der Waals surface area contributed by atoms with E-state index in [-0.39, 0.29) is 0 Å². The topological polar surface area (TPSA) is 28.2 Å². The van der Waals surface area contributed by atoms with Gasteiger partial charge in [0.25, 0.3) is 0 Å². The van der Waals surface area contributed by atoms with E-state index >= 15 is 0 Å². The van der Waals surface area contributed by atoms with Crippen molar-refractivity contribution < 1.29 is 0 Å². The summed E-state index contributed by atoms with van der Waals surface area (Å²) in [6.45, 7) is 9.76. The molecule has 1 unspecified atom stereocenters. The third-order valence-electron chi connectivity index (χ3n) is 3.63. The quantitative estimate of drug-likeness (QED) is 0.694. The Bertz CT molecular complexity index is 352. The van der Waals surface area contributed by atoms with Crippen molar-refractivity contribution in [2.24, 2.45) is 0 Å². The van der Waals surface area contributed by atoms with Crippen molar-refractivity contribution >= 4 is 0 Å². The van der Waals surface area contributed by atoms with Crippen LogP contribution in [0.4, 0.5) is 0 Å². The smallest absolute Gasteiger partial charge is 0.0547 e. The monoisotopic (exact) mass is 263 g/mol. The molecule has 19 heavy (non-hydrogen) atoms. The molecule has 0 saturated heterocycles. The lowest BCUT2D eigenvalue weighted by atomic mass is 10.1. The van der Waals surface area contributed by atoms with Crippen LogP contribution in [0, 0.1) is 6.92 Å². The van der Waals surface area contributed by atoms with E-state index in [1.165, 1.54) is 31.5 Å². The summed E-state index contributed by atoms with van der Waals surface area (Å²) in [6.07, 6.45) is 3.82. The first-order valence-corrected chi connectivity index (χ1v) is 7.47. The fraction of sp³-hybridized carbons (Fsp3) is 0.688. The predicted octanol–water partition coefficient (Wildman–Crippen LogP) is 2.99. The number of hydrogen-bond donors (Lipinski definition) is 1. The molecule has 0 saturated carbocycles. The summed E-state index contributed by atoms with van der Waals surface area (Å²) in [5.41, 5.74) is 2.29. The molecular formula is C16H29N3. The number of nitrogens with one attached hydrogen (secondary N) is 1. The number of aryl methyl sites for hydroxylation is 1. The molecule has 0 fully saturated rings. The van der Waals surface area contributed by atoms with Crippen LogP contribution in [-0.4, -0.2) is 36.1 Å². The Morgan fingerprint density at radius 1 is 1.32 bits per heavy atom. The van der Waals surface area contributed by atoms with Crippen LogP contribution in [0.15, 0.2) is 18.2 Å². The third kappa shape index (κ3) is 6.69. The van der Waals surface area contributed by atoms with Gasteiger partial charge in [-0.3, -0.25) is 9.88 Å². The van der Waals surface area contributed by atoms with E-state index in [0.717, 1.165) is 18.8 Å². The molecule has 0 spiro atoms. The lowest BCUT2D eigenvalue weighted by Gasteiger charge is -2.20. The molecule has 0 radical (unpaired) electrons. The predicted molar refractivity (Wildman–Crippen MR) is 82.3 cm³/mol. The Morgan fingerprint density at radius 2 is 2.11 bits per heavy atom. The Hall–Kier alpha value is -0.930. The van der Waals surface area contributed by atoms with Crippen molar-refractivity contribution in [1.29, 1.82) is 0 Å². The molecule has 3 nitrogen and oxygen atoms in total. The zero-order valence-corrected chi connectivity index (χ0v) is 12.9. The summed E-state index contributed by atoms with van der Waals surface area (Å²) in [5.74, 6) is 0. The maximum atomic E-state index is 4.58. The van der Waals surface area contributed by atoms with Crippen LogP contribution in [0.1, 0.15) is 44.5 Å². The largest absolute Gasteiger partial charge is 0.317 e. The minimum absolute atomic E-state index is 0.633. The molecule has 0 bridgehead atoms. The second kappa shape index (κ2) is 9.05. The van der Waals surface area contributed by atoms with Crippen molar-refractivity contribution in [2.45, 2.75) is 52.6 Å². The first-order chi connectivity index (χ1) is 9.15. The van der Waals surface area contributed by atoms with Crippen molar-refractivity contribution in [2.75, 3.05) is 20.1 Å². The summed E-state index contributed by atoms with van der Waals surface area (Å²) < 4.78 is 0. The van der Waals surface area contributed by atoms with Gasteiger partial charge in [0.1, 0.15) is 0 Å². The van der Waals surface area contributed by atoms with Crippen LogP contribution in [-0.2, 0) is 6.54 Å². The van der Waals surface area contributed by atoms with Gasteiger partial charge in [-0.2, -0.15) is 0 Å². The lowest BCUT2D eigenvalue weighted by Crippen LogP contribution is -2.25. The number of nitrogens with zero attached hydrogens (tertiary/aromatic N) is 2. The second-order valence-electron chi connectivity index (χ2n) is 5.32. The van der Waals surface area contributed by atoms with E-state index in [1.54, 1.807) is 0 Å². The van der Waals surface area contributed by atoms with Gasteiger partial charge in [-0.15, -0.1) is 0 Å². The first kappa shape index (κ1) is 16.1. The van der Waals surface area contributed by atoms with E-state index < -0.39 is 0 Å². The summed E-state index contributed by atoms with van der Waals surface area (Å²) in [7, 11) is 2.03. The minimum Gasteiger partial charge on any atom is -0.317 e. The molecule has 0 aromatic carbocycles. The molecule has 1 rings (SSSR count). The average Bonchev–Trinajstić information content (AvgIpc) is 2.41. The molecule has 0 aliphatic carbocycles. The number of unbranched alkanes of at least 4 members (excludes halogenated alkanes) is 1. The van der Waals surface area contributed by atoms with Gasteiger partial charge in [-0.05, 0) is 59.0 Å². The molecule has 0 amide bonds. The standard InChI is InChI=1S/C16H29N3/c1-5-19(12-7-6-9-14(2)17-4)13-16-11-8-10-15(3)18-16/h8,10-11,14,17H,5-7,9,12-13H2,1-4H3. The molecule has 0 aliphatic rings. The van der Waals surface area contributed by atoms with Crippen LogP contribution in [0.5, 0.6) is 0 Å². The van der Waals surface area contributed by atoms with Gasteiger partial charge >= 0.3 is 0 Å². The average molecular weight is 263 g/mol. The molecule has 1 aromatic heterocycles. The Labute approximate surface area is 118 Å². The van der Waals surface area contributed by atoms with E-state index in [9.17, 15) is 0 Å². The van der Waals surface area contributed by atoms with E-state index in [2.05, 4.69) is 54.2 Å². The summed E-state index contributed by atoms with van der Waals surface area (Å²) >= 11 is 0. The minimum atomic E-state index is 0.633. The van der Waals surface area contributed by atoms with Crippen LogP contribution in [0.3, 0.4) is 0 Å². The molecule has 0 aliphatic heterocycles. The number of hydrogen-bond acceptors (Lipinski definition) is 3. The van der Waals surface area contributed by atoms with E-state index in [4.69, 9.17) is 0 Å². The summed E-state index contributed by atoms with van der Waals surface area (Å²) in [4.78, 5) is 7.06. The van der Waals surface area contributed by atoms with E-state index in [0.29, 0.717) is 6.04 Å². The molecule has 1 atom stereocenters. The maximum Gasteiger partial charge on any atom is 0.0547 e. The van der Waals surface area contributed by atoms with Crippen molar-refractivity contribution in [3.05, 3.63) is 29.6 Å². The zero-order valence-electron chi connectivity index (χ0n) is 12.9. The molecule has 1 N–H and O–H groups in total. The van der Waals surface area contributed by atoms with Gasteiger partial charge in [0.2, 0.25) is 0 Å². The van der Waals surface area contributed by atoms with Crippen LogP contribution < -0.4 is 5.32 Å². The maximum absolute atomic E-state index is 4.58. The van der Waals surface area contributed by atoms with Gasteiger partial charge in [-0.1, -0.05) is 19.4 Å². The number of pyridine rings is 1. The zero-order chi connectivity index (χ0) is 14.1. The van der Waals surface area contributed by atoms with Crippen LogP contribution in [0.2, 0.25) is 0 Å². The van der Waals surface area contributed by atoms with Crippen molar-refractivity contribution in [1.82, 2.24) is 15.2 Å². The Kier molecular flexibility index (Phi) is 7.68. The highest BCUT2D eigenvalue weighted by Crippen LogP contribution is 2.06. The number of rotatable bonds is 9. The number of aromatic nitrogens is 1. The highest BCUT2D eigenvalue weighted by molar-refractivity contribution is 5.09. The summed E-state index contributed by atoms with van der Waals surface area (Å²) in [6, 6.07) is 6.91. The van der Waals surface area contributed by atoms with Gasteiger partial charge in [-0.25, -0.2) is 0 Å². The fourth-order valence-corrected chi connectivity index (χ4v) is 2.20. The second-order valence-corrected chi connectivity index (χ2v) is 5.32. The van der Waals surface area contributed by atoms with Crippen molar-refractivity contribution in [3.63, 3.8) is 0 Å². The molecular weight excluding hydrogens is 234 g/mol. The van der Waals surface area contributed by atoms with Gasteiger partial charge in [0.15, 0.2) is 0 Å². The SMILES string of the molecule is CCN(CCCCC(C)NC)Cc1cccc(C)n1. The van der Waals surface area contributed by atoms with Crippen molar-refractivity contribution in [3.8, 4) is 0 Å². The highest BCUT2D eigenvalue weighted by atomic mass is 15.1. The fourth-order valence-electron chi connectivity index (χ4n) is 2.20. The van der Waals surface area contributed by atoms with Crippen LogP contribution >= 0.6 is 0 Å². The Morgan fingerprint density at radius 3 is 2.74 bits per heavy atom. The first-order valence-electron chi connectivity index (χ1n) is 7.47. The third-order valence-corrected chi connectivity index (χ3v) is 3.63.